The molecule has 0 fully saturated rings. The lowest BCUT2D eigenvalue weighted by Crippen LogP contribution is -2.28. The van der Waals surface area contributed by atoms with E-state index in [-0.39, 0.29) is 5.75 Å². The Kier molecular flexibility index (Phi) is 7.97. The molecule has 0 atom stereocenters. The van der Waals surface area contributed by atoms with Crippen LogP contribution in [-0.2, 0) is 14.6 Å². The molecule has 0 aliphatic carbocycles. The van der Waals surface area contributed by atoms with Gasteiger partial charge in [-0.05, 0) is 19.4 Å². The van der Waals surface area contributed by atoms with Crippen LogP contribution in [0.15, 0.2) is 0 Å². The molecule has 0 aromatic rings. The summed E-state index contributed by atoms with van der Waals surface area (Å²) in [6.07, 6.45) is 2.34. The van der Waals surface area contributed by atoms with Crippen molar-refractivity contribution >= 4 is 9.84 Å². The second-order valence-corrected chi connectivity index (χ2v) is 6.99. The lowest BCUT2D eigenvalue weighted by atomic mass is 10.1. The molecule has 0 rings (SSSR count). The molecule has 0 spiro atoms. The van der Waals surface area contributed by atoms with Gasteiger partial charge in [-0.3, -0.25) is 0 Å². The van der Waals surface area contributed by atoms with E-state index in [4.69, 9.17) is 4.74 Å². The molecule has 0 saturated heterocycles. The standard InChI is InChI=1S/C11H25NO3S/c1-11(2)5-8-15-9-6-12(3)7-10-16(4,13)14/h11H,5-10H2,1-4H3. The fourth-order valence-electron chi connectivity index (χ4n) is 1.07. The Morgan fingerprint density at radius 2 is 1.81 bits per heavy atom. The minimum absolute atomic E-state index is 0.218. The van der Waals surface area contributed by atoms with Crippen molar-refractivity contribution in [2.45, 2.75) is 20.3 Å². The summed E-state index contributed by atoms with van der Waals surface area (Å²) in [5.41, 5.74) is 0. The fraction of sp³-hybridized carbons (Fsp3) is 1.00. The number of hydrogen-bond donors (Lipinski definition) is 0. The lowest BCUT2D eigenvalue weighted by molar-refractivity contribution is 0.104. The van der Waals surface area contributed by atoms with E-state index in [0.29, 0.717) is 19.1 Å². The largest absolute Gasteiger partial charge is 0.380 e. The van der Waals surface area contributed by atoms with Crippen LogP contribution in [0.25, 0.3) is 0 Å². The maximum absolute atomic E-state index is 10.9. The van der Waals surface area contributed by atoms with Crippen LogP contribution in [0.5, 0.6) is 0 Å². The quantitative estimate of drug-likeness (QED) is 0.574. The third-order valence-electron chi connectivity index (χ3n) is 2.30. The van der Waals surface area contributed by atoms with Crippen LogP contribution in [-0.4, -0.2) is 58.7 Å². The molecular weight excluding hydrogens is 226 g/mol. The second-order valence-electron chi connectivity index (χ2n) is 4.73. The first-order chi connectivity index (χ1) is 7.31. The predicted molar refractivity (Wildman–Crippen MR) is 67.5 cm³/mol. The van der Waals surface area contributed by atoms with Crippen LogP contribution < -0.4 is 0 Å². The van der Waals surface area contributed by atoms with Gasteiger partial charge in [-0.2, -0.15) is 0 Å². The Labute approximate surface area is 99.9 Å². The molecule has 0 aliphatic heterocycles. The van der Waals surface area contributed by atoms with E-state index in [2.05, 4.69) is 13.8 Å². The van der Waals surface area contributed by atoms with Gasteiger partial charge >= 0.3 is 0 Å². The summed E-state index contributed by atoms with van der Waals surface area (Å²) >= 11 is 0. The van der Waals surface area contributed by atoms with E-state index in [9.17, 15) is 8.42 Å². The molecule has 5 heteroatoms. The fourth-order valence-corrected chi connectivity index (χ4v) is 1.72. The second kappa shape index (κ2) is 8.03. The highest BCUT2D eigenvalue weighted by molar-refractivity contribution is 7.90. The molecule has 0 bridgehead atoms. The smallest absolute Gasteiger partial charge is 0.148 e. The van der Waals surface area contributed by atoms with Gasteiger partial charge in [0.2, 0.25) is 0 Å². The summed E-state index contributed by atoms with van der Waals surface area (Å²) in [5, 5.41) is 0. The third kappa shape index (κ3) is 11.9. The zero-order chi connectivity index (χ0) is 12.6. The first kappa shape index (κ1) is 15.9. The van der Waals surface area contributed by atoms with Crippen LogP contribution in [0.1, 0.15) is 20.3 Å². The van der Waals surface area contributed by atoms with Gasteiger partial charge in [0.15, 0.2) is 0 Å². The van der Waals surface area contributed by atoms with Gasteiger partial charge in [0.1, 0.15) is 9.84 Å². The van der Waals surface area contributed by atoms with Gasteiger partial charge < -0.3 is 9.64 Å². The Balaban J connectivity index is 3.41. The highest BCUT2D eigenvalue weighted by Crippen LogP contribution is 1.98. The van der Waals surface area contributed by atoms with Crippen molar-refractivity contribution in [2.24, 2.45) is 5.92 Å². The van der Waals surface area contributed by atoms with Crippen molar-refractivity contribution in [3.63, 3.8) is 0 Å². The third-order valence-corrected chi connectivity index (χ3v) is 3.22. The van der Waals surface area contributed by atoms with E-state index >= 15 is 0 Å². The molecule has 0 aliphatic rings. The van der Waals surface area contributed by atoms with Crippen molar-refractivity contribution in [3.05, 3.63) is 0 Å². The first-order valence-electron chi connectivity index (χ1n) is 5.75. The Morgan fingerprint density at radius 3 is 2.31 bits per heavy atom. The average Bonchev–Trinajstić information content (AvgIpc) is 2.12. The van der Waals surface area contributed by atoms with E-state index < -0.39 is 9.84 Å². The van der Waals surface area contributed by atoms with Crippen LogP contribution in [0.2, 0.25) is 0 Å². The topological polar surface area (TPSA) is 46.6 Å². The molecule has 0 aromatic carbocycles. The Morgan fingerprint density at radius 1 is 1.19 bits per heavy atom. The summed E-state index contributed by atoms with van der Waals surface area (Å²) in [6.45, 7) is 7.16. The molecule has 0 heterocycles. The first-order valence-corrected chi connectivity index (χ1v) is 7.81. The highest BCUT2D eigenvalue weighted by Gasteiger charge is 2.05. The van der Waals surface area contributed by atoms with Gasteiger partial charge in [-0.1, -0.05) is 13.8 Å². The van der Waals surface area contributed by atoms with Crippen molar-refractivity contribution in [1.29, 1.82) is 0 Å². The van der Waals surface area contributed by atoms with E-state index in [0.717, 1.165) is 19.6 Å². The van der Waals surface area contributed by atoms with E-state index in [1.807, 2.05) is 11.9 Å². The Hall–Kier alpha value is -0.130. The van der Waals surface area contributed by atoms with Crippen LogP contribution in [0.3, 0.4) is 0 Å². The van der Waals surface area contributed by atoms with Crippen LogP contribution in [0, 0.1) is 5.92 Å². The zero-order valence-electron chi connectivity index (χ0n) is 10.9. The molecule has 0 unspecified atom stereocenters. The molecule has 0 radical (unpaired) electrons. The summed E-state index contributed by atoms with van der Waals surface area (Å²) in [5.74, 6) is 0.887. The number of sulfone groups is 1. The molecule has 0 saturated carbocycles. The minimum atomic E-state index is -2.85. The lowest BCUT2D eigenvalue weighted by Gasteiger charge is -2.16. The zero-order valence-corrected chi connectivity index (χ0v) is 11.7. The van der Waals surface area contributed by atoms with Gasteiger partial charge in [-0.25, -0.2) is 8.42 Å². The summed E-state index contributed by atoms with van der Waals surface area (Å²) in [6, 6.07) is 0. The number of likely N-dealkylation sites (N-methyl/N-ethyl adjacent to an activating group) is 1. The van der Waals surface area contributed by atoms with E-state index in [1.54, 1.807) is 0 Å². The van der Waals surface area contributed by atoms with Crippen molar-refractivity contribution in [1.82, 2.24) is 4.90 Å². The van der Waals surface area contributed by atoms with Gasteiger partial charge in [-0.15, -0.1) is 0 Å². The molecular formula is C11H25NO3S. The summed E-state index contributed by atoms with van der Waals surface area (Å²) < 4.78 is 27.3. The number of rotatable bonds is 9. The van der Waals surface area contributed by atoms with Crippen molar-refractivity contribution < 1.29 is 13.2 Å². The molecule has 98 valence electrons. The maximum Gasteiger partial charge on any atom is 0.148 e. The molecule has 4 nitrogen and oxygen atoms in total. The van der Waals surface area contributed by atoms with Crippen LogP contribution in [0.4, 0.5) is 0 Å². The molecule has 0 amide bonds. The van der Waals surface area contributed by atoms with Crippen molar-refractivity contribution in [2.75, 3.05) is 45.4 Å². The maximum atomic E-state index is 10.9. The van der Waals surface area contributed by atoms with Gasteiger partial charge in [0, 0.05) is 26.0 Å². The average molecular weight is 251 g/mol. The number of nitrogens with zero attached hydrogens (tertiary/aromatic N) is 1. The molecule has 0 N–H and O–H groups in total. The number of hydrogen-bond acceptors (Lipinski definition) is 4. The van der Waals surface area contributed by atoms with Gasteiger partial charge in [0.05, 0.1) is 12.4 Å². The summed E-state index contributed by atoms with van der Waals surface area (Å²) in [4.78, 5) is 1.98. The molecule has 0 aromatic heterocycles. The van der Waals surface area contributed by atoms with Crippen LogP contribution >= 0.6 is 0 Å². The monoisotopic (exact) mass is 251 g/mol. The van der Waals surface area contributed by atoms with E-state index in [1.165, 1.54) is 6.26 Å². The molecule has 16 heavy (non-hydrogen) atoms. The Bertz CT molecular complexity index is 262. The normalized spacial score (nSPS) is 12.6. The highest BCUT2D eigenvalue weighted by atomic mass is 32.2. The van der Waals surface area contributed by atoms with Gasteiger partial charge in [0.25, 0.3) is 0 Å². The summed E-state index contributed by atoms with van der Waals surface area (Å²) in [7, 11) is -0.934. The minimum Gasteiger partial charge on any atom is -0.380 e. The predicted octanol–water partition coefficient (Wildman–Crippen LogP) is 1.03. The van der Waals surface area contributed by atoms with Crippen molar-refractivity contribution in [3.8, 4) is 0 Å². The number of ether oxygens (including phenoxy) is 1. The SMILES string of the molecule is CC(C)CCOCCN(C)CCS(C)(=O)=O.